The molecule has 0 radical (unpaired) electrons. The van der Waals surface area contributed by atoms with Crippen molar-refractivity contribution >= 4 is 24.2 Å². The van der Waals surface area contributed by atoms with Gasteiger partial charge in [-0.3, -0.25) is 9.59 Å². The number of carbonyl (C=O) groups excluding carboxylic acids is 2. The first-order valence-electron chi connectivity index (χ1n) is 8.09. The largest absolute Gasteiger partial charge is 0.497 e. The lowest BCUT2D eigenvalue weighted by molar-refractivity contribution is -0.126. The number of hydrogen-bond acceptors (Lipinski definition) is 5. The number of piperidine rings is 1. The van der Waals surface area contributed by atoms with Gasteiger partial charge in [-0.2, -0.15) is 0 Å². The summed E-state index contributed by atoms with van der Waals surface area (Å²) in [6, 6.07) is 5.09. The summed E-state index contributed by atoms with van der Waals surface area (Å²) in [5, 5.41) is 2.80. The van der Waals surface area contributed by atoms with Gasteiger partial charge in [0.1, 0.15) is 11.5 Å². The monoisotopic (exact) mass is 371 g/mol. The van der Waals surface area contributed by atoms with Crippen molar-refractivity contribution in [2.45, 2.75) is 12.8 Å². The molecule has 1 aromatic rings. The highest BCUT2D eigenvalue weighted by atomic mass is 35.5. The van der Waals surface area contributed by atoms with E-state index in [0.29, 0.717) is 43.2 Å². The molecule has 2 rings (SSSR count). The van der Waals surface area contributed by atoms with Crippen molar-refractivity contribution in [3.63, 3.8) is 0 Å². The average molecular weight is 372 g/mol. The smallest absolute Gasteiger partial charge is 0.254 e. The molecule has 1 fully saturated rings. The van der Waals surface area contributed by atoms with E-state index < -0.39 is 0 Å². The minimum absolute atomic E-state index is 0. The van der Waals surface area contributed by atoms with Crippen LogP contribution in [0.25, 0.3) is 0 Å². The highest BCUT2D eigenvalue weighted by Gasteiger charge is 2.29. The molecule has 1 aliphatic heterocycles. The lowest BCUT2D eigenvalue weighted by atomic mass is 9.96. The SMILES string of the molecule is COc1cc(OC)cc(C(=O)N2CCCC(C(=O)NCCN)C2)c1.Cl. The van der Waals surface area contributed by atoms with E-state index in [4.69, 9.17) is 15.2 Å². The van der Waals surface area contributed by atoms with Gasteiger partial charge in [-0.15, -0.1) is 12.4 Å². The van der Waals surface area contributed by atoms with Crippen molar-refractivity contribution in [2.24, 2.45) is 11.7 Å². The second-order valence-electron chi connectivity index (χ2n) is 5.77. The van der Waals surface area contributed by atoms with Crippen molar-refractivity contribution in [3.05, 3.63) is 23.8 Å². The molecule has 1 heterocycles. The number of nitrogens with zero attached hydrogens (tertiary/aromatic N) is 1. The zero-order valence-electron chi connectivity index (χ0n) is 14.6. The fraction of sp³-hybridized carbons (Fsp3) is 0.529. The predicted octanol–water partition coefficient (Wildman–Crippen LogP) is 1.05. The number of likely N-dealkylation sites (tertiary alicyclic amines) is 1. The minimum Gasteiger partial charge on any atom is -0.497 e. The van der Waals surface area contributed by atoms with E-state index in [9.17, 15) is 9.59 Å². The highest BCUT2D eigenvalue weighted by molar-refractivity contribution is 5.95. The summed E-state index contributed by atoms with van der Waals surface area (Å²) >= 11 is 0. The molecule has 0 aliphatic carbocycles. The van der Waals surface area contributed by atoms with Gasteiger partial charge in [-0.1, -0.05) is 0 Å². The van der Waals surface area contributed by atoms with Gasteiger partial charge < -0.3 is 25.4 Å². The van der Waals surface area contributed by atoms with E-state index in [-0.39, 0.29) is 30.1 Å². The van der Waals surface area contributed by atoms with Crippen molar-refractivity contribution in [2.75, 3.05) is 40.4 Å². The van der Waals surface area contributed by atoms with Crippen molar-refractivity contribution in [1.29, 1.82) is 0 Å². The van der Waals surface area contributed by atoms with Crippen LogP contribution >= 0.6 is 12.4 Å². The normalized spacial score (nSPS) is 16.6. The van der Waals surface area contributed by atoms with Crippen LogP contribution in [-0.2, 0) is 4.79 Å². The maximum Gasteiger partial charge on any atom is 0.254 e. The van der Waals surface area contributed by atoms with Crippen LogP contribution in [0.4, 0.5) is 0 Å². The van der Waals surface area contributed by atoms with Crippen LogP contribution in [0.2, 0.25) is 0 Å². The molecule has 1 atom stereocenters. The average Bonchev–Trinajstić information content (AvgIpc) is 2.64. The third-order valence-electron chi connectivity index (χ3n) is 4.12. The molecule has 1 unspecified atom stereocenters. The zero-order chi connectivity index (χ0) is 17.5. The van der Waals surface area contributed by atoms with Gasteiger partial charge in [0.2, 0.25) is 5.91 Å². The molecule has 3 N–H and O–H groups in total. The van der Waals surface area contributed by atoms with Crippen molar-refractivity contribution in [3.8, 4) is 11.5 Å². The first-order valence-corrected chi connectivity index (χ1v) is 8.09. The maximum atomic E-state index is 12.8. The Hall–Kier alpha value is -1.99. The lowest BCUT2D eigenvalue weighted by Gasteiger charge is -2.32. The number of rotatable bonds is 6. The molecule has 1 aliphatic rings. The number of nitrogens with one attached hydrogen (secondary N) is 1. The van der Waals surface area contributed by atoms with Crippen molar-refractivity contribution in [1.82, 2.24) is 10.2 Å². The Morgan fingerprint density at radius 3 is 2.44 bits per heavy atom. The Labute approximate surface area is 154 Å². The van der Waals surface area contributed by atoms with Gasteiger partial charge >= 0.3 is 0 Å². The molecule has 0 bridgehead atoms. The molecule has 1 aromatic carbocycles. The lowest BCUT2D eigenvalue weighted by Crippen LogP contribution is -2.46. The van der Waals surface area contributed by atoms with E-state index >= 15 is 0 Å². The fourth-order valence-electron chi connectivity index (χ4n) is 2.83. The topological polar surface area (TPSA) is 93.9 Å². The number of carbonyl (C=O) groups is 2. The first kappa shape index (κ1) is 21.1. The predicted molar refractivity (Wildman–Crippen MR) is 97.5 cm³/mol. The fourth-order valence-corrected chi connectivity index (χ4v) is 2.83. The summed E-state index contributed by atoms with van der Waals surface area (Å²) in [6.07, 6.45) is 1.58. The Morgan fingerprint density at radius 2 is 1.88 bits per heavy atom. The molecule has 140 valence electrons. The quantitative estimate of drug-likeness (QED) is 0.779. The summed E-state index contributed by atoms with van der Waals surface area (Å²) < 4.78 is 10.4. The highest BCUT2D eigenvalue weighted by Crippen LogP contribution is 2.25. The number of ether oxygens (including phenoxy) is 2. The van der Waals surface area contributed by atoms with Crippen LogP contribution in [0.5, 0.6) is 11.5 Å². The van der Waals surface area contributed by atoms with Gasteiger partial charge in [0, 0.05) is 37.8 Å². The maximum absolute atomic E-state index is 12.8. The van der Waals surface area contributed by atoms with E-state index in [0.717, 1.165) is 12.8 Å². The third-order valence-corrected chi connectivity index (χ3v) is 4.12. The molecule has 7 nitrogen and oxygen atoms in total. The van der Waals surface area contributed by atoms with Gasteiger partial charge in [-0.25, -0.2) is 0 Å². The van der Waals surface area contributed by atoms with Crippen LogP contribution in [0.3, 0.4) is 0 Å². The minimum atomic E-state index is -0.193. The zero-order valence-corrected chi connectivity index (χ0v) is 15.4. The van der Waals surface area contributed by atoms with E-state index in [1.165, 1.54) is 0 Å². The number of halogens is 1. The summed E-state index contributed by atoms with van der Waals surface area (Å²) in [5.41, 5.74) is 5.90. The number of nitrogens with two attached hydrogens (primary N) is 1. The van der Waals surface area contributed by atoms with Crippen LogP contribution in [-0.4, -0.2) is 57.1 Å². The number of benzene rings is 1. The van der Waals surface area contributed by atoms with Crippen molar-refractivity contribution < 1.29 is 19.1 Å². The summed E-state index contributed by atoms with van der Waals surface area (Å²) in [5.74, 6) is 0.769. The van der Waals surface area contributed by atoms with Gasteiger partial charge in [0.25, 0.3) is 5.91 Å². The second kappa shape index (κ2) is 10.1. The van der Waals surface area contributed by atoms with Gasteiger partial charge in [0.15, 0.2) is 0 Å². The number of methoxy groups -OCH3 is 2. The molecule has 25 heavy (non-hydrogen) atoms. The van der Waals surface area contributed by atoms with Gasteiger partial charge in [-0.05, 0) is 25.0 Å². The Kier molecular flexibility index (Phi) is 8.51. The molecule has 1 saturated heterocycles. The Bertz CT molecular complexity index is 575. The molecular weight excluding hydrogens is 346 g/mol. The first-order chi connectivity index (χ1) is 11.6. The standard InChI is InChI=1S/C17H25N3O4.ClH/c1-23-14-8-13(9-15(10-14)24-2)17(22)20-7-3-4-12(11-20)16(21)19-6-5-18;/h8-10,12H,3-7,11,18H2,1-2H3,(H,19,21);1H. The molecular formula is C17H26ClN3O4. The summed E-state index contributed by atoms with van der Waals surface area (Å²) in [6.45, 7) is 1.91. The number of hydrogen-bond donors (Lipinski definition) is 2. The molecule has 0 saturated carbocycles. The number of amides is 2. The van der Waals surface area contributed by atoms with E-state index in [1.54, 1.807) is 37.3 Å². The Morgan fingerprint density at radius 1 is 1.24 bits per heavy atom. The van der Waals surface area contributed by atoms with Crippen LogP contribution in [0, 0.1) is 5.92 Å². The second-order valence-corrected chi connectivity index (χ2v) is 5.77. The molecule has 8 heteroatoms. The summed E-state index contributed by atoms with van der Waals surface area (Å²) in [4.78, 5) is 26.6. The van der Waals surface area contributed by atoms with Crippen LogP contribution in [0.1, 0.15) is 23.2 Å². The molecule has 0 aromatic heterocycles. The molecule has 0 spiro atoms. The summed E-state index contributed by atoms with van der Waals surface area (Å²) in [7, 11) is 3.09. The van der Waals surface area contributed by atoms with E-state index in [2.05, 4.69) is 5.32 Å². The van der Waals surface area contributed by atoms with E-state index in [1.807, 2.05) is 0 Å². The van der Waals surface area contributed by atoms with Crippen LogP contribution < -0.4 is 20.5 Å². The van der Waals surface area contributed by atoms with Gasteiger partial charge in [0.05, 0.1) is 20.1 Å². The molecule has 2 amide bonds. The van der Waals surface area contributed by atoms with Crippen LogP contribution in [0.15, 0.2) is 18.2 Å². The Balaban J connectivity index is 0.00000312. The third kappa shape index (κ3) is 5.51.